The fourth-order valence-corrected chi connectivity index (χ4v) is 4.17. The molecule has 2 N–H and O–H groups in total. The van der Waals surface area contributed by atoms with Gasteiger partial charge in [0.2, 0.25) is 0 Å². The highest BCUT2D eigenvalue weighted by molar-refractivity contribution is 7.92. The van der Waals surface area contributed by atoms with Crippen molar-refractivity contribution in [1.29, 1.82) is 0 Å². The van der Waals surface area contributed by atoms with Crippen LogP contribution in [0.25, 0.3) is 0 Å². The Morgan fingerprint density at radius 3 is 2.54 bits per heavy atom. The van der Waals surface area contributed by atoms with Crippen molar-refractivity contribution in [3.05, 3.63) is 69.7 Å². The molecule has 134 valence electrons. The van der Waals surface area contributed by atoms with Gasteiger partial charge in [-0.3, -0.25) is 14.8 Å². The highest BCUT2D eigenvalue weighted by Gasteiger charge is 2.25. The largest absolute Gasteiger partial charge is 0.331 e. The Morgan fingerprint density at radius 2 is 1.85 bits per heavy atom. The first kappa shape index (κ1) is 17.8. The van der Waals surface area contributed by atoms with Crippen molar-refractivity contribution in [2.45, 2.75) is 11.8 Å². The summed E-state index contributed by atoms with van der Waals surface area (Å²) in [6.07, 6.45) is 0. The Bertz CT molecular complexity index is 1060. The number of aryl methyl sites for hydroxylation is 1. The van der Waals surface area contributed by atoms with Crippen molar-refractivity contribution < 1.29 is 13.3 Å². The Morgan fingerprint density at radius 1 is 1.12 bits per heavy atom. The number of para-hydroxylation sites is 1. The quantitative estimate of drug-likeness (QED) is 0.487. The molecule has 10 heteroatoms. The van der Waals surface area contributed by atoms with E-state index < -0.39 is 20.6 Å². The Balaban J connectivity index is 1.87. The van der Waals surface area contributed by atoms with E-state index in [1.54, 1.807) is 24.3 Å². The van der Waals surface area contributed by atoms with Crippen LogP contribution in [0.15, 0.2) is 58.8 Å². The molecule has 1 aromatic heterocycles. The van der Waals surface area contributed by atoms with Gasteiger partial charge in [-0.25, -0.2) is 13.4 Å². The number of hydrogen-bond acceptors (Lipinski definition) is 7. The summed E-state index contributed by atoms with van der Waals surface area (Å²) < 4.78 is 27.5. The summed E-state index contributed by atoms with van der Waals surface area (Å²) in [6, 6.07) is 11.8. The van der Waals surface area contributed by atoms with Gasteiger partial charge in [-0.2, -0.15) is 0 Å². The van der Waals surface area contributed by atoms with E-state index in [1.165, 1.54) is 29.5 Å². The third-order valence-corrected chi connectivity index (χ3v) is 5.64. The first-order valence-corrected chi connectivity index (χ1v) is 9.77. The second-order valence-corrected chi connectivity index (χ2v) is 7.84. The average molecular weight is 390 g/mol. The second-order valence-electron chi connectivity index (χ2n) is 5.33. The third kappa shape index (κ3) is 3.98. The number of sulfonamides is 1. The number of nitro benzene ring substituents is 1. The molecule has 1 heterocycles. The van der Waals surface area contributed by atoms with E-state index in [1.807, 2.05) is 12.3 Å². The van der Waals surface area contributed by atoms with Gasteiger partial charge in [-0.05, 0) is 31.2 Å². The predicted molar refractivity (Wildman–Crippen MR) is 100 cm³/mol. The van der Waals surface area contributed by atoms with Gasteiger partial charge in [0.1, 0.15) is 0 Å². The average Bonchev–Trinajstić information content (AvgIpc) is 2.99. The zero-order chi connectivity index (χ0) is 18.7. The van der Waals surface area contributed by atoms with Crippen molar-refractivity contribution in [3.63, 3.8) is 0 Å². The molecule has 0 aliphatic heterocycles. The van der Waals surface area contributed by atoms with Crippen molar-refractivity contribution in [3.8, 4) is 0 Å². The van der Waals surface area contributed by atoms with E-state index in [0.717, 1.165) is 11.8 Å². The number of nitro groups is 1. The molecule has 0 fully saturated rings. The molecule has 0 bridgehead atoms. The first-order chi connectivity index (χ1) is 12.3. The second kappa shape index (κ2) is 7.10. The molecule has 0 atom stereocenters. The third-order valence-electron chi connectivity index (χ3n) is 3.34. The summed E-state index contributed by atoms with van der Waals surface area (Å²) in [7, 11) is -4.11. The van der Waals surface area contributed by atoms with Crippen molar-refractivity contribution in [1.82, 2.24) is 4.98 Å². The van der Waals surface area contributed by atoms with Crippen LogP contribution in [-0.4, -0.2) is 18.3 Å². The lowest BCUT2D eigenvalue weighted by Crippen LogP contribution is -2.14. The van der Waals surface area contributed by atoms with Gasteiger partial charge in [0.15, 0.2) is 10.0 Å². The lowest BCUT2D eigenvalue weighted by Gasteiger charge is -2.10. The van der Waals surface area contributed by atoms with E-state index in [-0.39, 0.29) is 10.6 Å². The van der Waals surface area contributed by atoms with E-state index in [2.05, 4.69) is 15.0 Å². The molecule has 26 heavy (non-hydrogen) atoms. The number of anilines is 3. The van der Waals surface area contributed by atoms with Crippen LogP contribution in [0.2, 0.25) is 0 Å². The number of thiazole rings is 1. The molecule has 0 radical (unpaired) electrons. The molecule has 3 rings (SSSR count). The van der Waals surface area contributed by atoms with E-state index in [0.29, 0.717) is 10.8 Å². The topological polar surface area (TPSA) is 114 Å². The number of nitrogens with one attached hydrogen (secondary N) is 2. The lowest BCUT2D eigenvalue weighted by molar-refractivity contribution is -0.387. The van der Waals surface area contributed by atoms with Crippen LogP contribution in [-0.2, 0) is 10.0 Å². The monoisotopic (exact) mass is 390 g/mol. The highest BCUT2D eigenvalue weighted by atomic mass is 32.2. The summed E-state index contributed by atoms with van der Waals surface area (Å²) in [5, 5.41) is 16.7. The van der Waals surface area contributed by atoms with Crippen molar-refractivity contribution in [2.24, 2.45) is 0 Å². The summed E-state index contributed by atoms with van der Waals surface area (Å²) in [5.41, 5.74) is 1.32. The normalized spacial score (nSPS) is 11.1. The molecule has 0 unspecified atom stereocenters. The Labute approximate surface area is 153 Å². The molecule has 8 nitrogen and oxygen atoms in total. The zero-order valence-electron chi connectivity index (χ0n) is 13.5. The van der Waals surface area contributed by atoms with E-state index in [9.17, 15) is 18.5 Å². The molecular formula is C16H14N4O4S2. The standard InChI is InChI=1S/C16H14N4O4S2/c1-11-10-25-16(17-11)18-12-5-4-6-13(9-12)19-26(23,24)15-8-3-2-7-14(15)20(21)22/h2-10,19H,1H3,(H,17,18). The number of benzene rings is 2. The molecule has 0 aliphatic carbocycles. The molecule has 3 aromatic rings. The Kier molecular flexibility index (Phi) is 4.87. The van der Waals surface area contributed by atoms with Gasteiger partial charge < -0.3 is 5.32 Å². The van der Waals surface area contributed by atoms with Crippen LogP contribution in [0.4, 0.5) is 22.2 Å². The van der Waals surface area contributed by atoms with Crippen LogP contribution >= 0.6 is 11.3 Å². The van der Waals surface area contributed by atoms with Crippen LogP contribution in [0.5, 0.6) is 0 Å². The fourth-order valence-electron chi connectivity index (χ4n) is 2.24. The minimum absolute atomic E-state index is 0.279. The molecule has 0 saturated heterocycles. The SMILES string of the molecule is Cc1csc(Nc2cccc(NS(=O)(=O)c3ccccc3[N+](=O)[O-])c2)n1. The maximum atomic E-state index is 12.6. The lowest BCUT2D eigenvalue weighted by atomic mass is 10.3. The molecular weight excluding hydrogens is 376 g/mol. The molecule has 0 aliphatic rings. The summed E-state index contributed by atoms with van der Waals surface area (Å²) >= 11 is 1.43. The highest BCUT2D eigenvalue weighted by Crippen LogP contribution is 2.27. The van der Waals surface area contributed by atoms with Crippen molar-refractivity contribution in [2.75, 3.05) is 10.0 Å². The molecule has 0 saturated carbocycles. The van der Waals surface area contributed by atoms with Gasteiger partial charge in [0, 0.05) is 17.1 Å². The number of aromatic nitrogens is 1. The van der Waals surface area contributed by atoms with Gasteiger partial charge in [0.05, 0.1) is 16.3 Å². The van der Waals surface area contributed by atoms with E-state index in [4.69, 9.17) is 0 Å². The number of hydrogen-bond donors (Lipinski definition) is 2. The number of nitrogens with zero attached hydrogens (tertiary/aromatic N) is 2. The van der Waals surface area contributed by atoms with E-state index >= 15 is 0 Å². The predicted octanol–water partition coefficient (Wildman–Crippen LogP) is 3.90. The molecule has 2 aromatic carbocycles. The summed E-state index contributed by atoms with van der Waals surface area (Å²) in [6.45, 7) is 1.87. The maximum Gasteiger partial charge on any atom is 0.289 e. The van der Waals surface area contributed by atoms with Crippen LogP contribution in [0, 0.1) is 17.0 Å². The smallest absolute Gasteiger partial charge is 0.289 e. The fraction of sp³-hybridized carbons (Fsp3) is 0.0625. The Hall–Kier alpha value is -2.98. The minimum atomic E-state index is -4.11. The maximum absolute atomic E-state index is 12.6. The summed E-state index contributed by atoms with van der Waals surface area (Å²) in [5.74, 6) is 0. The van der Waals surface area contributed by atoms with Gasteiger partial charge in [0.25, 0.3) is 15.7 Å². The first-order valence-electron chi connectivity index (χ1n) is 7.40. The molecule has 0 amide bonds. The van der Waals surface area contributed by atoms with Gasteiger partial charge >= 0.3 is 0 Å². The zero-order valence-corrected chi connectivity index (χ0v) is 15.2. The van der Waals surface area contributed by atoms with Crippen molar-refractivity contribution >= 4 is 43.6 Å². The van der Waals surface area contributed by atoms with Gasteiger partial charge in [-0.1, -0.05) is 18.2 Å². The van der Waals surface area contributed by atoms with Crippen LogP contribution in [0.1, 0.15) is 5.69 Å². The van der Waals surface area contributed by atoms with Crippen LogP contribution < -0.4 is 10.0 Å². The number of rotatable bonds is 6. The van der Waals surface area contributed by atoms with Crippen LogP contribution in [0.3, 0.4) is 0 Å². The minimum Gasteiger partial charge on any atom is -0.331 e. The van der Waals surface area contributed by atoms with Gasteiger partial charge in [-0.15, -0.1) is 11.3 Å². The summed E-state index contributed by atoms with van der Waals surface area (Å²) in [4.78, 5) is 14.2. The molecule has 0 spiro atoms.